The van der Waals surface area contributed by atoms with Crippen LogP contribution in [0.5, 0.6) is 0 Å². The van der Waals surface area contributed by atoms with Crippen molar-refractivity contribution in [1.82, 2.24) is 25.1 Å². The summed E-state index contributed by atoms with van der Waals surface area (Å²) >= 11 is 12.1. The highest BCUT2D eigenvalue weighted by Crippen LogP contribution is 2.35. The van der Waals surface area contributed by atoms with E-state index in [2.05, 4.69) is 15.5 Å². The van der Waals surface area contributed by atoms with Crippen molar-refractivity contribution in [2.45, 2.75) is 25.9 Å². The van der Waals surface area contributed by atoms with Gasteiger partial charge in [0.05, 0.1) is 16.1 Å². The Morgan fingerprint density at radius 3 is 2.86 bits per heavy atom. The summed E-state index contributed by atoms with van der Waals surface area (Å²) < 4.78 is 1.42. The van der Waals surface area contributed by atoms with Gasteiger partial charge in [0, 0.05) is 6.54 Å². The number of carbonyl (C=O) groups is 1. The Morgan fingerprint density at radius 2 is 2.14 bits per heavy atom. The number of amides is 1. The fourth-order valence-electron chi connectivity index (χ4n) is 2.63. The van der Waals surface area contributed by atoms with Crippen LogP contribution in [0.2, 0.25) is 10.0 Å². The molecule has 0 fully saturated rings. The molecule has 8 heteroatoms. The van der Waals surface area contributed by atoms with Crippen LogP contribution in [0, 0.1) is 0 Å². The molecule has 0 N–H and O–H groups in total. The number of nitrogens with zero attached hydrogens (tertiary/aromatic N) is 5. The van der Waals surface area contributed by atoms with Gasteiger partial charge in [-0.3, -0.25) is 4.79 Å². The molecule has 110 valence electrons. The maximum Gasteiger partial charge on any atom is 0.244 e. The minimum atomic E-state index is -0.0486. The topological polar surface area (TPSA) is 63.9 Å². The van der Waals surface area contributed by atoms with E-state index in [0.29, 0.717) is 16.6 Å². The summed E-state index contributed by atoms with van der Waals surface area (Å²) in [4.78, 5) is 14.2. The van der Waals surface area contributed by atoms with Crippen molar-refractivity contribution in [3.05, 3.63) is 39.6 Å². The molecule has 1 aromatic heterocycles. The van der Waals surface area contributed by atoms with E-state index in [1.165, 1.54) is 11.0 Å². The SMILES string of the molecule is CC1c2cc(Cl)c(Cl)cc2CCN1C(=O)Cn1cnnn1. The molecule has 0 radical (unpaired) electrons. The Hall–Kier alpha value is -1.66. The third-order valence-electron chi connectivity index (χ3n) is 3.73. The van der Waals surface area contributed by atoms with Crippen LogP contribution in [0.3, 0.4) is 0 Å². The number of halogens is 2. The lowest BCUT2D eigenvalue weighted by Crippen LogP contribution is -2.40. The molecule has 2 heterocycles. The molecule has 0 spiro atoms. The van der Waals surface area contributed by atoms with Crippen molar-refractivity contribution in [1.29, 1.82) is 0 Å². The third-order valence-corrected chi connectivity index (χ3v) is 4.45. The van der Waals surface area contributed by atoms with Gasteiger partial charge in [-0.05, 0) is 47.0 Å². The largest absolute Gasteiger partial charge is 0.334 e. The average Bonchev–Trinajstić information content (AvgIpc) is 2.94. The summed E-state index contributed by atoms with van der Waals surface area (Å²) in [6.07, 6.45) is 2.19. The number of tetrazole rings is 1. The quantitative estimate of drug-likeness (QED) is 0.848. The molecule has 21 heavy (non-hydrogen) atoms. The van der Waals surface area contributed by atoms with Gasteiger partial charge in [-0.1, -0.05) is 23.2 Å². The summed E-state index contributed by atoms with van der Waals surface area (Å²) in [5.41, 5.74) is 2.18. The summed E-state index contributed by atoms with van der Waals surface area (Å²) in [5, 5.41) is 11.8. The van der Waals surface area contributed by atoms with Gasteiger partial charge >= 0.3 is 0 Å². The van der Waals surface area contributed by atoms with Gasteiger partial charge in [0.25, 0.3) is 0 Å². The fraction of sp³-hybridized carbons (Fsp3) is 0.385. The molecule has 1 amide bonds. The van der Waals surface area contributed by atoms with Gasteiger partial charge in [-0.25, -0.2) is 4.68 Å². The Bertz CT molecular complexity index is 673. The Kier molecular flexibility index (Phi) is 3.82. The molecule has 1 aliphatic rings. The number of aromatic nitrogens is 4. The number of fused-ring (bicyclic) bond motifs is 1. The average molecular weight is 326 g/mol. The lowest BCUT2D eigenvalue weighted by Gasteiger charge is -2.35. The second-order valence-corrected chi connectivity index (χ2v) is 5.80. The van der Waals surface area contributed by atoms with Crippen LogP contribution in [0.25, 0.3) is 0 Å². The highest BCUT2D eigenvalue weighted by molar-refractivity contribution is 6.42. The molecule has 0 saturated heterocycles. The summed E-state index contributed by atoms with van der Waals surface area (Å²) in [5.74, 6) is -0.0217. The summed E-state index contributed by atoms with van der Waals surface area (Å²) in [7, 11) is 0. The molecule has 1 aliphatic heterocycles. The number of hydrogen-bond acceptors (Lipinski definition) is 4. The van der Waals surface area contributed by atoms with Crippen molar-refractivity contribution >= 4 is 29.1 Å². The Morgan fingerprint density at radius 1 is 1.38 bits per heavy atom. The first-order valence-electron chi connectivity index (χ1n) is 6.54. The highest BCUT2D eigenvalue weighted by atomic mass is 35.5. The molecule has 3 rings (SSSR count). The third kappa shape index (κ3) is 2.73. The summed E-state index contributed by atoms with van der Waals surface area (Å²) in [6.45, 7) is 2.76. The predicted octanol–water partition coefficient (Wildman–Crippen LogP) is 2.13. The Labute approximate surface area is 131 Å². The van der Waals surface area contributed by atoms with E-state index in [9.17, 15) is 4.79 Å². The van der Waals surface area contributed by atoms with Crippen molar-refractivity contribution in [2.24, 2.45) is 0 Å². The van der Waals surface area contributed by atoms with Crippen molar-refractivity contribution < 1.29 is 4.79 Å². The molecule has 1 atom stereocenters. The molecule has 0 saturated carbocycles. The fourth-order valence-corrected chi connectivity index (χ4v) is 2.99. The van der Waals surface area contributed by atoms with Crippen molar-refractivity contribution in [3.8, 4) is 0 Å². The van der Waals surface area contributed by atoms with Gasteiger partial charge in [0.2, 0.25) is 5.91 Å². The zero-order valence-electron chi connectivity index (χ0n) is 11.3. The maximum atomic E-state index is 12.4. The van der Waals surface area contributed by atoms with Crippen LogP contribution in [0.1, 0.15) is 24.1 Å². The van der Waals surface area contributed by atoms with Gasteiger partial charge in [-0.15, -0.1) is 5.10 Å². The van der Waals surface area contributed by atoms with E-state index in [1.807, 2.05) is 24.0 Å². The van der Waals surface area contributed by atoms with Crippen LogP contribution in [0.4, 0.5) is 0 Å². The summed E-state index contributed by atoms with van der Waals surface area (Å²) in [6, 6.07) is 3.69. The van der Waals surface area contributed by atoms with Crippen LogP contribution in [-0.4, -0.2) is 37.6 Å². The second kappa shape index (κ2) is 5.61. The smallest absolute Gasteiger partial charge is 0.244 e. The van der Waals surface area contributed by atoms with E-state index in [4.69, 9.17) is 23.2 Å². The first-order valence-corrected chi connectivity index (χ1v) is 7.30. The molecular weight excluding hydrogens is 313 g/mol. The van der Waals surface area contributed by atoms with Crippen LogP contribution in [0.15, 0.2) is 18.5 Å². The molecule has 1 unspecified atom stereocenters. The zero-order chi connectivity index (χ0) is 15.0. The molecule has 0 bridgehead atoms. The van der Waals surface area contributed by atoms with E-state index in [0.717, 1.165) is 17.5 Å². The second-order valence-electron chi connectivity index (χ2n) is 4.99. The van der Waals surface area contributed by atoms with Gasteiger partial charge in [-0.2, -0.15) is 0 Å². The first kappa shape index (κ1) is 14.3. The standard InChI is InChI=1S/C13H13Cl2N5O/c1-8-10-5-12(15)11(14)4-9(10)2-3-20(8)13(21)6-19-7-16-17-18-19/h4-5,7-8H,2-3,6H2,1H3. The predicted molar refractivity (Wildman–Crippen MR) is 78.1 cm³/mol. The normalized spacial score (nSPS) is 17.7. The van der Waals surface area contributed by atoms with E-state index in [-0.39, 0.29) is 18.5 Å². The van der Waals surface area contributed by atoms with E-state index in [1.54, 1.807) is 0 Å². The number of carbonyl (C=O) groups excluding carboxylic acids is 1. The minimum Gasteiger partial charge on any atom is -0.334 e. The molecule has 1 aromatic carbocycles. The number of rotatable bonds is 2. The minimum absolute atomic E-state index is 0.0217. The van der Waals surface area contributed by atoms with Crippen molar-refractivity contribution in [2.75, 3.05) is 6.54 Å². The van der Waals surface area contributed by atoms with Crippen molar-refractivity contribution in [3.63, 3.8) is 0 Å². The van der Waals surface area contributed by atoms with Crippen LogP contribution in [-0.2, 0) is 17.8 Å². The maximum absolute atomic E-state index is 12.4. The molecular formula is C13H13Cl2N5O. The Balaban J connectivity index is 1.83. The molecule has 0 aliphatic carbocycles. The zero-order valence-corrected chi connectivity index (χ0v) is 12.8. The molecule has 6 nitrogen and oxygen atoms in total. The van der Waals surface area contributed by atoms with E-state index >= 15 is 0 Å². The van der Waals surface area contributed by atoms with E-state index < -0.39 is 0 Å². The van der Waals surface area contributed by atoms with Gasteiger partial charge in [0.15, 0.2) is 0 Å². The van der Waals surface area contributed by atoms with Crippen LogP contribution >= 0.6 is 23.2 Å². The van der Waals surface area contributed by atoms with Gasteiger partial charge < -0.3 is 4.90 Å². The number of benzene rings is 1. The first-order chi connectivity index (χ1) is 10.1. The highest BCUT2D eigenvalue weighted by Gasteiger charge is 2.28. The lowest BCUT2D eigenvalue weighted by atomic mass is 9.93. The number of hydrogen-bond donors (Lipinski definition) is 0. The monoisotopic (exact) mass is 325 g/mol. The lowest BCUT2D eigenvalue weighted by molar-refractivity contribution is -0.134. The molecule has 2 aromatic rings. The van der Waals surface area contributed by atoms with Gasteiger partial charge in [0.1, 0.15) is 12.9 Å². The van der Waals surface area contributed by atoms with Crippen LogP contribution < -0.4 is 0 Å².